The van der Waals surface area contributed by atoms with E-state index in [2.05, 4.69) is 17.4 Å². The zero-order valence-electron chi connectivity index (χ0n) is 13.4. The molecule has 0 radical (unpaired) electrons. The van der Waals surface area contributed by atoms with Crippen LogP contribution in [-0.4, -0.2) is 22.8 Å². The van der Waals surface area contributed by atoms with E-state index in [1.165, 1.54) is 10.1 Å². The van der Waals surface area contributed by atoms with Gasteiger partial charge in [0.15, 0.2) is 5.58 Å². The van der Waals surface area contributed by atoms with E-state index in [1.54, 1.807) is 30.0 Å². The summed E-state index contributed by atoms with van der Waals surface area (Å²) in [6.45, 7) is 0.476. The molecule has 130 valence electrons. The van der Waals surface area contributed by atoms with Gasteiger partial charge in [0.05, 0.1) is 5.52 Å². The van der Waals surface area contributed by atoms with Crippen LogP contribution in [0.4, 0.5) is 0 Å². The smallest absolute Gasteiger partial charge is 0.408 e. The molecule has 0 saturated heterocycles. The summed E-state index contributed by atoms with van der Waals surface area (Å²) in [6, 6.07) is 15.1. The first-order chi connectivity index (χ1) is 12.1. The molecule has 3 aromatic rings. The van der Waals surface area contributed by atoms with Crippen LogP contribution in [0.25, 0.3) is 11.1 Å². The van der Waals surface area contributed by atoms with Crippen LogP contribution in [0.15, 0.2) is 57.7 Å². The number of nitrogens with zero attached hydrogens (tertiary/aromatic N) is 1. The van der Waals surface area contributed by atoms with Gasteiger partial charge in [0.25, 0.3) is 0 Å². The number of oxazole rings is 1. The lowest BCUT2D eigenvalue weighted by molar-refractivity contribution is -0.121. The molecule has 0 unspecified atom stereocenters. The first kappa shape index (κ1) is 17.6. The normalized spacial score (nSPS) is 10.9. The molecule has 0 aliphatic carbocycles. The van der Waals surface area contributed by atoms with Gasteiger partial charge >= 0.3 is 5.76 Å². The van der Waals surface area contributed by atoms with E-state index in [0.717, 1.165) is 11.5 Å². The molecule has 0 aliphatic rings. The Kier molecular flexibility index (Phi) is 5.83. The maximum Gasteiger partial charge on any atom is 0.420 e. The summed E-state index contributed by atoms with van der Waals surface area (Å²) in [5, 5.41) is 3.30. The molecular formula is C18H17ClN2O3S. The minimum Gasteiger partial charge on any atom is -0.408 e. The van der Waals surface area contributed by atoms with Crippen LogP contribution in [0.1, 0.15) is 5.56 Å². The number of rotatable bonds is 7. The average Bonchev–Trinajstić information content (AvgIpc) is 2.90. The lowest BCUT2D eigenvalue weighted by Crippen LogP contribution is -2.32. The van der Waals surface area contributed by atoms with E-state index in [9.17, 15) is 9.59 Å². The molecule has 7 heteroatoms. The summed E-state index contributed by atoms with van der Waals surface area (Å²) in [5.41, 5.74) is 2.20. The van der Waals surface area contributed by atoms with E-state index in [-0.39, 0.29) is 12.5 Å². The molecule has 0 spiro atoms. The number of amides is 1. The van der Waals surface area contributed by atoms with E-state index < -0.39 is 5.76 Å². The number of thioether (sulfide) groups is 1. The van der Waals surface area contributed by atoms with Crippen molar-refractivity contribution in [3.63, 3.8) is 0 Å². The number of nitrogens with one attached hydrogen (secondary N) is 1. The number of benzene rings is 2. The molecule has 1 aromatic heterocycles. The van der Waals surface area contributed by atoms with Gasteiger partial charge in [-0.25, -0.2) is 4.79 Å². The Bertz CT molecular complexity index is 921. The fraction of sp³-hybridized carbons (Fsp3) is 0.222. The number of hydrogen-bond donors (Lipinski definition) is 1. The van der Waals surface area contributed by atoms with Gasteiger partial charge in [-0.05, 0) is 17.7 Å². The molecule has 5 nitrogen and oxygen atoms in total. The van der Waals surface area contributed by atoms with Crippen molar-refractivity contribution in [1.29, 1.82) is 0 Å². The molecule has 0 bridgehead atoms. The summed E-state index contributed by atoms with van der Waals surface area (Å²) >= 11 is 7.62. The molecule has 1 N–H and O–H groups in total. The minimum absolute atomic E-state index is 0.0726. The Balaban J connectivity index is 1.48. The summed E-state index contributed by atoms with van der Waals surface area (Å²) in [5.74, 6) is 0.923. The van der Waals surface area contributed by atoms with Gasteiger partial charge in [-0.3, -0.25) is 9.36 Å². The fourth-order valence-corrected chi connectivity index (χ4v) is 3.40. The van der Waals surface area contributed by atoms with Gasteiger partial charge < -0.3 is 9.73 Å². The molecule has 3 rings (SSSR count). The van der Waals surface area contributed by atoms with Crippen molar-refractivity contribution in [1.82, 2.24) is 9.88 Å². The third-order valence-corrected chi connectivity index (χ3v) is 4.88. The Morgan fingerprint density at radius 3 is 2.80 bits per heavy atom. The van der Waals surface area contributed by atoms with Crippen molar-refractivity contribution in [3.05, 3.63) is 69.7 Å². The van der Waals surface area contributed by atoms with Crippen LogP contribution in [0.2, 0.25) is 5.02 Å². The van der Waals surface area contributed by atoms with E-state index in [0.29, 0.717) is 22.7 Å². The standard InChI is InChI=1S/C18H17ClN2O3S/c19-14-6-7-15-16(10-14)24-18(23)21(15)11-17(22)20-8-9-25-12-13-4-2-1-3-5-13/h1-7,10H,8-9,11-12H2,(H,20,22). The van der Waals surface area contributed by atoms with Gasteiger partial charge in [-0.2, -0.15) is 11.8 Å². The van der Waals surface area contributed by atoms with Crippen LogP contribution in [-0.2, 0) is 17.1 Å². The second kappa shape index (κ2) is 8.27. The van der Waals surface area contributed by atoms with Crippen molar-refractivity contribution in [3.8, 4) is 0 Å². The van der Waals surface area contributed by atoms with Crippen LogP contribution in [0.3, 0.4) is 0 Å². The SMILES string of the molecule is O=C(Cn1c(=O)oc2cc(Cl)ccc21)NCCSCc1ccccc1. The van der Waals surface area contributed by atoms with Gasteiger partial charge in [0, 0.05) is 29.1 Å². The number of aromatic nitrogens is 1. The van der Waals surface area contributed by atoms with Gasteiger partial charge in [0.2, 0.25) is 5.91 Å². The van der Waals surface area contributed by atoms with E-state index >= 15 is 0 Å². The molecule has 1 heterocycles. The Hall–Kier alpha value is -2.18. The van der Waals surface area contributed by atoms with Gasteiger partial charge in [-0.1, -0.05) is 41.9 Å². The number of carbonyl (C=O) groups is 1. The number of halogens is 1. The highest BCUT2D eigenvalue weighted by atomic mass is 35.5. The maximum absolute atomic E-state index is 12.1. The number of fused-ring (bicyclic) bond motifs is 1. The highest BCUT2D eigenvalue weighted by molar-refractivity contribution is 7.98. The molecule has 0 fully saturated rings. The molecule has 1 amide bonds. The first-order valence-corrected chi connectivity index (χ1v) is 9.34. The maximum atomic E-state index is 12.1. The summed E-state index contributed by atoms with van der Waals surface area (Å²) in [7, 11) is 0. The van der Waals surface area contributed by atoms with Crippen molar-refractivity contribution < 1.29 is 9.21 Å². The van der Waals surface area contributed by atoms with E-state index in [1.807, 2.05) is 18.2 Å². The Morgan fingerprint density at radius 1 is 1.20 bits per heavy atom. The highest BCUT2D eigenvalue weighted by Crippen LogP contribution is 2.18. The second-order valence-corrected chi connectivity index (χ2v) is 7.00. The predicted octanol–water partition coefficient (Wildman–Crippen LogP) is 3.30. The minimum atomic E-state index is -0.564. The Labute approximate surface area is 154 Å². The molecule has 0 atom stereocenters. The van der Waals surface area contributed by atoms with Gasteiger partial charge in [0.1, 0.15) is 6.54 Å². The monoisotopic (exact) mass is 376 g/mol. The van der Waals surface area contributed by atoms with Crippen LogP contribution < -0.4 is 11.1 Å². The van der Waals surface area contributed by atoms with Crippen LogP contribution in [0, 0.1) is 0 Å². The topological polar surface area (TPSA) is 64.2 Å². The van der Waals surface area contributed by atoms with Crippen LogP contribution in [0.5, 0.6) is 0 Å². The number of hydrogen-bond acceptors (Lipinski definition) is 4. The molecule has 0 saturated carbocycles. The summed E-state index contributed by atoms with van der Waals surface area (Å²) in [6.07, 6.45) is 0. The quantitative estimate of drug-likeness (QED) is 0.642. The predicted molar refractivity (Wildman–Crippen MR) is 101 cm³/mol. The molecule has 0 aliphatic heterocycles. The average molecular weight is 377 g/mol. The highest BCUT2D eigenvalue weighted by Gasteiger charge is 2.12. The summed E-state index contributed by atoms with van der Waals surface area (Å²) in [4.78, 5) is 23.9. The van der Waals surface area contributed by atoms with Crippen molar-refractivity contribution in [2.24, 2.45) is 0 Å². The third-order valence-electron chi connectivity index (χ3n) is 3.61. The van der Waals surface area contributed by atoms with Gasteiger partial charge in [-0.15, -0.1) is 0 Å². The largest absolute Gasteiger partial charge is 0.420 e. The van der Waals surface area contributed by atoms with E-state index in [4.69, 9.17) is 16.0 Å². The van der Waals surface area contributed by atoms with Crippen LogP contribution >= 0.6 is 23.4 Å². The lowest BCUT2D eigenvalue weighted by Gasteiger charge is -2.06. The Morgan fingerprint density at radius 2 is 2.00 bits per heavy atom. The molecule has 25 heavy (non-hydrogen) atoms. The second-order valence-electron chi connectivity index (χ2n) is 5.45. The molecule has 2 aromatic carbocycles. The van der Waals surface area contributed by atoms with Crippen molar-refractivity contribution >= 4 is 40.4 Å². The number of carbonyl (C=O) groups excluding carboxylic acids is 1. The lowest BCUT2D eigenvalue weighted by atomic mass is 10.2. The summed E-state index contributed by atoms with van der Waals surface area (Å²) < 4.78 is 6.42. The zero-order chi connectivity index (χ0) is 17.6. The molecular weight excluding hydrogens is 360 g/mol. The fourth-order valence-electron chi connectivity index (χ4n) is 2.42. The van der Waals surface area contributed by atoms with Crippen molar-refractivity contribution in [2.75, 3.05) is 12.3 Å². The first-order valence-electron chi connectivity index (χ1n) is 7.81. The third kappa shape index (κ3) is 4.67. The van der Waals surface area contributed by atoms with Crippen molar-refractivity contribution in [2.45, 2.75) is 12.3 Å². The zero-order valence-corrected chi connectivity index (χ0v) is 15.0.